The van der Waals surface area contributed by atoms with E-state index in [4.69, 9.17) is 4.42 Å². The molecule has 4 heteroatoms. The van der Waals surface area contributed by atoms with Gasteiger partial charge in [-0.25, -0.2) is 0 Å². The second-order valence-corrected chi connectivity index (χ2v) is 4.09. The van der Waals surface area contributed by atoms with Gasteiger partial charge in [-0.05, 0) is 44.7 Å². The van der Waals surface area contributed by atoms with Crippen LogP contribution in [0.1, 0.15) is 37.2 Å². The van der Waals surface area contributed by atoms with Crippen LogP contribution in [0.5, 0.6) is 0 Å². The molecule has 0 saturated heterocycles. The molecule has 0 spiro atoms. The number of aryl methyl sites for hydroxylation is 1. The molecule has 0 aliphatic heterocycles. The van der Waals surface area contributed by atoms with E-state index in [-0.39, 0.29) is 5.76 Å². The number of rotatable bonds is 1. The highest BCUT2D eigenvalue weighted by Gasteiger charge is 2.39. The van der Waals surface area contributed by atoms with Gasteiger partial charge in [0.05, 0.1) is 5.57 Å². The fourth-order valence-corrected chi connectivity index (χ4v) is 2.14. The molecule has 0 unspecified atom stereocenters. The molecular formula is C12H13F3O. The molecule has 1 aromatic heterocycles. The fraction of sp³-hybridized carbons (Fsp3) is 0.500. The summed E-state index contributed by atoms with van der Waals surface area (Å²) in [5.41, 5.74) is -0.0695. The summed E-state index contributed by atoms with van der Waals surface area (Å²) in [6.07, 6.45) is -1.56. The van der Waals surface area contributed by atoms with Gasteiger partial charge in [0.1, 0.15) is 11.5 Å². The largest absolute Gasteiger partial charge is 0.461 e. The van der Waals surface area contributed by atoms with Crippen molar-refractivity contribution >= 4 is 5.57 Å². The Labute approximate surface area is 91.9 Å². The van der Waals surface area contributed by atoms with E-state index in [1.807, 2.05) is 0 Å². The number of furan rings is 1. The molecule has 0 bridgehead atoms. The first kappa shape index (κ1) is 11.3. The first-order chi connectivity index (χ1) is 7.48. The van der Waals surface area contributed by atoms with Gasteiger partial charge in [0.2, 0.25) is 0 Å². The Morgan fingerprint density at radius 1 is 1.19 bits per heavy atom. The Morgan fingerprint density at radius 3 is 2.25 bits per heavy atom. The second kappa shape index (κ2) is 4.00. The fourth-order valence-electron chi connectivity index (χ4n) is 2.14. The van der Waals surface area contributed by atoms with Crippen molar-refractivity contribution in [2.75, 3.05) is 0 Å². The molecule has 1 fully saturated rings. The van der Waals surface area contributed by atoms with E-state index < -0.39 is 11.7 Å². The van der Waals surface area contributed by atoms with E-state index in [0.717, 1.165) is 12.8 Å². The van der Waals surface area contributed by atoms with E-state index in [1.165, 1.54) is 6.07 Å². The lowest BCUT2D eigenvalue weighted by atomic mass is 10.0. The van der Waals surface area contributed by atoms with Gasteiger partial charge in [-0.15, -0.1) is 0 Å². The van der Waals surface area contributed by atoms with E-state index in [9.17, 15) is 13.2 Å². The lowest BCUT2D eigenvalue weighted by Gasteiger charge is -2.12. The van der Waals surface area contributed by atoms with Gasteiger partial charge in [-0.3, -0.25) is 0 Å². The quantitative estimate of drug-likeness (QED) is 0.693. The molecule has 1 aliphatic rings. The van der Waals surface area contributed by atoms with Crippen LogP contribution in [0, 0.1) is 6.92 Å². The van der Waals surface area contributed by atoms with Gasteiger partial charge in [0.25, 0.3) is 0 Å². The first-order valence-corrected chi connectivity index (χ1v) is 5.34. The minimum Gasteiger partial charge on any atom is -0.461 e. The lowest BCUT2D eigenvalue weighted by molar-refractivity contribution is -0.0706. The van der Waals surface area contributed by atoms with Gasteiger partial charge in [0.15, 0.2) is 0 Å². The molecule has 2 rings (SSSR count). The SMILES string of the molecule is Cc1ccc(C(=C2CCCC2)C(F)(F)F)o1. The Balaban J connectivity index is 2.47. The summed E-state index contributed by atoms with van der Waals surface area (Å²) < 4.78 is 44.0. The highest BCUT2D eigenvalue weighted by atomic mass is 19.4. The maximum absolute atomic E-state index is 12.9. The van der Waals surface area contributed by atoms with Gasteiger partial charge in [-0.1, -0.05) is 5.57 Å². The Bertz CT molecular complexity index is 404. The summed E-state index contributed by atoms with van der Waals surface area (Å²) in [4.78, 5) is 0. The molecule has 1 saturated carbocycles. The Hall–Kier alpha value is -1.19. The monoisotopic (exact) mass is 230 g/mol. The van der Waals surface area contributed by atoms with Gasteiger partial charge in [-0.2, -0.15) is 13.2 Å². The average Bonchev–Trinajstić information content (AvgIpc) is 2.76. The van der Waals surface area contributed by atoms with E-state index in [2.05, 4.69) is 0 Å². The molecular weight excluding hydrogens is 217 g/mol. The highest BCUT2D eigenvalue weighted by molar-refractivity contribution is 5.69. The third kappa shape index (κ3) is 2.15. The minimum absolute atomic E-state index is 0.0399. The molecule has 16 heavy (non-hydrogen) atoms. The zero-order valence-electron chi connectivity index (χ0n) is 9.03. The van der Waals surface area contributed by atoms with Gasteiger partial charge < -0.3 is 4.42 Å². The molecule has 0 aromatic carbocycles. The van der Waals surface area contributed by atoms with Crippen LogP contribution in [0.2, 0.25) is 0 Å². The van der Waals surface area contributed by atoms with E-state index in [1.54, 1.807) is 13.0 Å². The molecule has 1 nitrogen and oxygen atoms in total. The zero-order chi connectivity index (χ0) is 11.8. The van der Waals surface area contributed by atoms with Crippen molar-refractivity contribution in [3.05, 3.63) is 29.2 Å². The van der Waals surface area contributed by atoms with Crippen LogP contribution in [-0.2, 0) is 0 Å². The summed E-state index contributed by atoms with van der Waals surface area (Å²) >= 11 is 0. The summed E-state index contributed by atoms with van der Waals surface area (Å²) in [5, 5.41) is 0. The smallest absolute Gasteiger partial charge is 0.419 e. The molecule has 1 heterocycles. The van der Waals surface area contributed by atoms with E-state index >= 15 is 0 Å². The van der Waals surface area contributed by atoms with Crippen molar-refractivity contribution < 1.29 is 17.6 Å². The van der Waals surface area contributed by atoms with Crippen LogP contribution in [0.15, 0.2) is 22.1 Å². The minimum atomic E-state index is -4.32. The third-order valence-corrected chi connectivity index (χ3v) is 2.83. The van der Waals surface area contributed by atoms with Gasteiger partial charge >= 0.3 is 6.18 Å². The van der Waals surface area contributed by atoms with Crippen LogP contribution >= 0.6 is 0 Å². The number of alkyl halides is 3. The van der Waals surface area contributed by atoms with Crippen LogP contribution in [-0.4, -0.2) is 6.18 Å². The molecule has 0 atom stereocenters. The summed E-state index contributed by atoms with van der Waals surface area (Å²) in [7, 11) is 0. The van der Waals surface area contributed by atoms with Gasteiger partial charge in [0, 0.05) is 0 Å². The summed E-state index contributed by atoms with van der Waals surface area (Å²) in [6, 6.07) is 2.97. The molecule has 0 amide bonds. The molecule has 1 aliphatic carbocycles. The number of allylic oxidation sites excluding steroid dienone is 2. The number of hydrogen-bond donors (Lipinski definition) is 0. The van der Waals surface area contributed by atoms with Crippen LogP contribution in [0.4, 0.5) is 13.2 Å². The predicted molar refractivity (Wildman–Crippen MR) is 54.9 cm³/mol. The average molecular weight is 230 g/mol. The number of halogens is 3. The van der Waals surface area contributed by atoms with Crippen molar-refractivity contribution in [1.82, 2.24) is 0 Å². The maximum atomic E-state index is 12.9. The van der Waals surface area contributed by atoms with Crippen molar-refractivity contribution in [3.8, 4) is 0 Å². The molecule has 88 valence electrons. The maximum Gasteiger partial charge on any atom is 0.419 e. The second-order valence-electron chi connectivity index (χ2n) is 4.09. The molecule has 0 radical (unpaired) electrons. The standard InChI is InChI=1S/C12H13F3O/c1-8-6-7-10(16-8)11(12(13,14)15)9-4-2-3-5-9/h6-7H,2-5H2,1H3. The van der Waals surface area contributed by atoms with Crippen LogP contribution < -0.4 is 0 Å². The van der Waals surface area contributed by atoms with Crippen molar-refractivity contribution in [2.45, 2.75) is 38.8 Å². The third-order valence-electron chi connectivity index (χ3n) is 2.83. The molecule has 0 N–H and O–H groups in total. The Morgan fingerprint density at radius 2 is 1.81 bits per heavy atom. The zero-order valence-corrected chi connectivity index (χ0v) is 9.03. The molecule has 1 aromatic rings. The van der Waals surface area contributed by atoms with Crippen molar-refractivity contribution in [3.63, 3.8) is 0 Å². The van der Waals surface area contributed by atoms with Crippen LogP contribution in [0.3, 0.4) is 0 Å². The van der Waals surface area contributed by atoms with Crippen molar-refractivity contribution in [1.29, 1.82) is 0 Å². The van der Waals surface area contributed by atoms with Crippen LogP contribution in [0.25, 0.3) is 5.57 Å². The number of hydrogen-bond acceptors (Lipinski definition) is 1. The topological polar surface area (TPSA) is 13.1 Å². The summed E-state index contributed by atoms with van der Waals surface area (Å²) in [5.74, 6) is 0.470. The lowest BCUT2D eigenvalue weighted by Crippen LogP contribution is -2.12. The first-order valence-electron chi connectivity index (χ1n) is 5.34. The van der Waals surface area contributed by atoms with E-state index in [0.29, 0.717) is 24.2 Å². The predicted octanol–water partition coefficient (Wildman–Crippen LogP) is 4.48. The highest BCUT2D eigenvalue weighted by Crippen LogP contribution is 2.42. The van der Waals surface area contributed by atoms with Crippen molar-refractivity contribution in [2.24, 2.45) is 0 Å². The Kier molecular flexibility index (Phi) is 2.82. The normalized spacial score (nSPS) is 16.9. The summed E-state index contributed by atoms with van der Waals surface area (Å²) in [6.45, 7) is 1.65.